The Kier molecular flexibility index (Phi) is 4.98. The topological polar surface area (TPSA) is 98.9 Å². The third-order valence-corrected chi connectivity index (χ3v) is 4.49. The van der Waals surface area contributed by atoms with Gasteiger partial charge in [-0.3, -0.25) is 0 Å². The Balaban J connectivity index is 1.72. The van der Waals surface area contributed by atoms with E-state index in [4.69, 9.17) is 16.3 Å². The number of hydrogen-bond acceptors (Lipinski definition) is 6. The summed E-state index contributed by atoms with van der Waals surface area (Å²) in [6, 6.07) is 2.13. The highest BCUT2D eigenvalue weighted by Gasteiger charge is 2.25. The number of imidazole rings is 1. The number of aromatic nitrogens is 2. The van der Waals surface area contributed by atoms with Crippen LogP contribution in [0.3, 0.4) is 0 Å². The van der Waals surface area contributed by atoms with E-state index in [1.807, 2.05) is 10.6 Å². The van der Waals surface area contributed by atoms with E-state index in [1.165, 1.54) is 29.6 Å². The van der Waals surface area contributed by atoms with Crippen molar-refractivity contribution in [3.05, 3.63) is 46.1 Å². The molecule has 1 fully saturated rings. The summed E-state index contributed by atoms with van der Waals surface area (Å²) in [4.78, 5) is 16.5. The molecule has 2 aromatic rings. The van der Waals surface area contributed by atoms with Crippen molar-refractivity contribution in [3.63, 3.8) is 0 Å². The Bertz CT molecular complexity index is 864. The number of nitrogens with two attached hydrogens (primary N) is 2. The number of carbonyl (C=O) groups excluding carboxylic acids is 1. The molecule has 26 heavy (non-hydrogen) atoms. The van der Waals surface area contributed by atoms with Gasteiger partial charge in [-0.2, -0.15) is 0 Å². The van der Waals surface area contributed by atoms with Crippen LogP contribution in [0.4, 0.5) is 0 Å². The molecule has 0 spiro atoms. The van der Waals surface area contributed by atoms with Crippen LogP contribution in [0, 0.1) is 0 Å². The van der Waals surface area contributed by atoms with Crippen molar-refractivity contribution >= 4 is 27.5 Å². The van der Waals surface area contributed by atoms with Crippen LogP contribution in [-0.2, 0) is 16.1 Å². The fourth-order valence-electron chi connectivity index (χ4n) is 2.65. The van der Waals surface area contributed by atoms with Crippen molar-refractivity contribution in [1.29, 1.82) is 0 Å². The molecule has 0 bridgehead atoms. The Morgan fingerprint density at radius 2 is 2.15 bits per heavy atom. The number of halogens is 1. The van der Waals surface area contributed by atoms with Crippen molar-refractivity contribution in [2.45, 2.75) is 51.7 Å². The van der Waals surface area contributed by atoms with E-state index in [-0.39, 0.29) is 5.70 Å². The molecule has 7 nitrogen and oxygen atoms in total. The molecule has 140 valence electrons. The maximum atomic E-state index is 11.9. The first-order chi connectivity index (χ1) is 12.1. The molecule has 1 aliphatic rings. The molecule has 0 radical (unpaired) electrons. The molecule has 0 amide bonds. The minimum Gasteiger partial charge on any atom is -0.455 e. The maximum Gasteiger partial charge on any atom is 0.356 e. The minimum absolute atomic E-state index is 0.0524. The van der Waals surface area contributed by atoms with Gasteiger partial charge >= 0.3 is 5.97 Å². The second kappa shape index (κ2) is 6.92. The van der Waals surface area contributed by atoms with Crippen LogP contribution in [0.2, 0.25) is 0 Å². The molecule has 0 aliphatic heterocycles. The summed E-state index contributed by atoms with van der Waals surface area (Å²) in [5.74, 6) is 6.02. The third-order valence-electron chi connectivity index (χ3n) is 3.91. The molecule has 4 N–H and O–H groups in total. The minimum atomic E-state index is -0.609. The number of hydrazine groups is 1. The highest BCUT2D eigenvalue weighted by atomic mass is 79.9. The number of nitrogens with zero attached hydrogens (tertiary/aromatic N) is 3. The Morgan fingerprint density at radius 3 is 2.77 bits per heavy atom. The van der Waals surface area contributed by atoms with Gasteiger partial charge in [0.25, 0.3) is 0 Å². The highest BCUT2D eigenvalue weighted by Crippen LogP contribution is 2.41. The van der Waals surface area contributed by atoms with Crippen molar-refractivity contribution in [1.82, 2.24) is 14.4 Å². The van der Waals surface area contributed by atoms with Crippen LogP contribution in [0.5, 0.6) is 0 Å². The number of rotatable bonds is 5. The first kappa shape index (κ1) is 18.7. The van der Waals surface area contributed by atoms with E-state index in [0.29, 0.717) is 12.5 Å². The van der Waals surface area contributed by atoms with Crippen LogP contribution in [-0.4, -0.2) is 26.0 Å². The van der Waals surface area contributed by atoms with Crippen molar-refractivity contribution in [2.24, 2.45) is 11.6 Å². The van der Waals surface area contributed by atoms with Gasteiger partial charge in [0.05, 0.1) is 16.7 Å². The van der Waals surface area contributed by atoms with Gasteiger partial charge in [0.15, 0.2) is 5.65 Å². The number of fused-ring (bicyclic) bond motifs is 1. The van der Waals surface area contributed by atoms with Crippen molar-refractivity contribution < 1.29 is 9.53 Å². The van der Waals surface area contributed by atoms with Crippen LogP contribution in [0.25, 0.3) is 5.65 Å². The molecule has 0 aromatic carbocycles. The standard InChI is InChI=1S/C18H24BrN5O2/c1-18(2,3)26-17(25)15(20)10-24(21)9-13-8-23-7-12(11-4-5-11)6-14(19)16(23)22-13/h6-8,10-11H,4-5,9,20-21H2,1-3H3/b15-10-. The number of pyridine rings is 1. The second-order valence-electron chi connectivity index (χ2n) is 7.62. The third kappa shape index (κ3) is 4.56. The molecule has 3 rings (SSSR count). The smallest absolute Gasteiger partial charge is 0.356 e. The summed E-state index contributed by atoms with van der Waals surface area (Å²) in [6.07, 6.45) is 7.89. The Hall–Kier alpha value is -2.06. The molecular weight excluding hydrogens is 398 g/mol. The van der Waals surface area contributed by atoms with Crippen molar-refractivity contribution in [2.75, 3.05) is 0 Å². The highest BCUT2D eigenvalue weighted by molar-refractivity contribution is 9.10. The lowest BCUT2D eigenvalue weighted by molar-refractivity contribution is -0.150. The van der Waals surface area contributed by atoms with Crippen LogP contribution in [0.15, 0.2) is 34.8 Å². The molecule has 1 saturated carbocycles. The van der Waals surface area contributed by atoms with Gasteiger partial charge in [-0.25, -0.2) is 15.6 Å². The molecule has 0 unspecified atom stereocenters. The van der Waals surface area contributed by atoms with E-state index in [0.717, 1.165) is 15.8 Å². The zero-order chi connectivity index (χ0) is 19.1. The zero-order valence-corrected chi connectivity index (χ0v) is 16.8. The summed E-state index contributed by atoms with van der Waals surface area (Å²) in [6.45, 7) is 5.66. The summed E-state index contributed by atoms with van der Waals surface area (Å²) >= 11 is 3.59. The van der Waals surface area contributed by atoms with Crippen LogP contribution < -0.4 is 11.6 Å². The van der Waals surface area contributed by atoms with E-state index < -0.39 is 11.6 Å². The van der Waals surface area contributed by atoms with Gasteiger partial charge in [0, 0.05) is 18.6 Å². The quantitative estimate of drug-likeness (QED) is 0.333. The lowest BCUT2D eigenvalue weighted by atomic mass is 10.2. The second-order valence-corrected chi connectivity index (χ2v) is 8.47. The SMILES string of the molecule is CC(C)(C)OC(=O)/C(N)=C/N(N)Cc1cn2cc(C3CC3)cc(Br)c2n1. The van der Waals surface area contributed by atoms with Crippen molar-refractivity contribution in [3.8, 4) is 0 Å². The predicted molar refractivity (Wildman–Crippen MR) is 103 cm³/mol. The average molecular weight is 422 g/mol. The van der Waals surface area contributed by atoms with E-state index in [2.05, 4.69) is 33.2 Å². The number of esters is 1. The molecular formula is C18H24BrN5O2. The molecule has 8 heteroatoms. The Morgan fingerprint density at radius 1 is 1.46 bits per heavy atom. The summed E-state index contributed by atoms with van der Waals surface area (Å²) in [5, 5.41) is 1.33. The lowest BCUT2D eigenvalue weighted by Gasteiger charge is -2.20. The lowest BCUT2D eigenvalue weighted by Crippen LogP contribution is -2.31. The van der Waals surface area contributed by atoms with Gasteiger partial charge in [-0.1, -0.05) is 0 Å². The molecule has 0 saturated heterocycles. The molecule has 1 aliphatic carbocycles. The molecule has 2 aromatic heterocycles. The number of carbonyl (C=O) groups is 1. The fraction of sp³-hybridized carbons (Fsp3) is 0.444. The maximum absolute atomic E-state index is 11.9. The molecule has 2 heterocycles. The zero-order valence-electron chi connectivity index (χ0n) is 15.2. The normalized spacial score (nSPS) is 15.3. The number of hydrogen-bond donors (Lipinski definition) is 2. The van der Waals surface area contributed by atoms with Gasteiger partial charge in [0.2, 0.25) is 0 Å². The fourth-order valence-corrected chi connectivity index (χ4v) is 3.20. The van der Waals surface area contributed by atoms with E-state index in [9.17, 15) is 4.79 Å². The first-order valence-electron chi connectivity index (χ1n) is 8.51. The molecule has 0 atom stereocenters. The summed E-state index contributed by atoms with van der Waals surface area (Å²) < 4.78 is 8.18. The van der Waals surface area contributed by atoms with Crippen LogP contribution in [0.1, 0.15) is 50.8 Å². The summed E-state index contributed by atoms with van der Waals surface area (Å²) in [7, 11) is 0. The predicted octanol–water partition coefficient (Wildman–Crippen LogP) is 2.79. The van der Waals surface area contributed by atoms with Gasteiger partial charge < -0.3 is 19.9 Å². The number of ether oxygens (including phenoxy) is 1. The van der Waals surface area contributed by atoms with Crippen LogP contribution >= 0.6 is 15.9 Å². The summed E-state index contributed by atoms with van der Waals surface area (Å²) in [5.41, 5.74) is 8.03. The first-order valence-corrected chi connectivity index (χ1v) is 9.30. The van der Waals surface area contributed by atoms with E-state index in [1.54, 1.807) is 20.8 Å². The van der Waals surface area contributed by atoms with Gasteiger partial charge in [-0.05, 0) is 67.1 Å². The largest absolute Gasteiger partial charge is 0.455 e. The monoisotopic (exact) mass is 421 g/mol. The Labute approximate surface area is 161 Å². The van der Waals surface area contributed by atoms with Gasteiger partial charge in [0.1, 0.15) is 11.3 Å². The van der Waals surface area contributed by atoms with E-state index >= 15 is 0 Å². The average Bonchev–Trinajstić information content (AvgIpc) is 3.26. The van der Waals surface area contributed by atoms with Gasteiger partial charge in [-0.15, -0.1) is 0 Å².